The van der Waals surface area contributed by atoms with Crippen LogP contribution in [0.4, 0.5) is 11.4 Å². The molecule has 102 valence electrons. The number of anilines is 2. The van der Waals surface area contributed by atoms with Crippen LogP contribution in [0.15, 0.2) is 18.2 Å². The molecule has 1 amide bonds. The molecule has 19 heavy (non-hydrogen) atoms. The van der Waals surface area contributed by atoms with Gasteiger partial charge in [-0.1, -0.05) is 13.0 Å². The third-order valence-electron chi connectivity index (χ3n) is 4.09. The Morgan fingerprint density at radius 1 is 1.42 bits per heavy atom. The monoisotopic (exact) mass is 259 g/mol. The van der Waals surface area contributed by atoms with Gasteiger partial charge in [-0.25, -0.2) is 0 Å². The average molecular weight is 259 g/mol. The predicted octanol–water partition coefficient (Wildman–Crippen LogP) is 2.04. The highest BCUT2D eigenvalue weighted by Crippen LogP contribution is 2.39. The van der Waals surface area contributed by atoms with Crippen LogP contribution in [0, 0.1) is 0 Å². The molecule has 4 heteroatoms. The van der Waals surface area contributed by atoms with E-state index in [1.54, 1.807) is 11.9 Å². The molecule has 0 radical (unpaired) electrons. The van der Waals surface area contributed by atoms with E-state index >= 15 is 0 Å². The van der Waals surface area contributed by atoms with Crippen LogP contribution in [-0.2, 0) is 4.79 Å². The first-order chi connectivity index (χ1) is 9.13. The van der Waals surface area contributed by atoms with Gasteiger partial charge < -0.3 is 15.5 Å². The van der Waals surface area contributed by atoms with E-state index in [1.807, 2.05) is 6.07 Å². The Morgan fingerprint density at radius 3 is 2.79 bits per heavy atom. The fraction of sp³-hybridized carbons (Fsp3) is 0.533. The lowest BCUT2D eigenvalue weighted by Crippen LogP contribution is -2.28. The van der Waals surface area contributed by atoms with Crippen LogP contribution in [0.1, 0.15) is 37.8 Å². The van der Waals surface area contributed by atoms with E-state index < -0.39 is 6.04 Å². The van der Waals surface area contributed by atoms with Crippen molar-refractivity contribution < 1.29 is 4.79 Å². The minimum Gasteiger partial charge on any atom is -0.368 e. The molecule has 1 aromatic carbocycles. The zero-order chi connectivity index (χ0) is 13.6. The van der Waals surface area contributed by atoms with Crippen LogP contribution in [0.2, 0.25) is 0 Å². The molecule has 1 aliphatic carbocycles. The maximum absolute atomic E-state index is 11.9. The van der Waals surface area contributed by atoms with Crippen molar-refractivity contribution in [2.24, 2.45) is 5.73 Å². The summed E-state index contributed by atoms with van der Waals surface area (Å²) in [5.74, 6) is -0.0133. The number of carbonyl (C=O) groups excluding carboxylic acids is 1. The number of nitrogens with two attached hydrogens (primary N) is 1. The summed E-state index contributed by atoms with van der Waals surface area (Å²) >= 11 is 0. The van der Waals surface area contributed by atoms with E-state index in [4.69, 9.17) is 5.73 Å². The summed E-state index contributed by atoms with van der Waals surface area (Å²) in [5, 5.41) is 0. The summed E-state index contributed by atoms with van der Waals surface area (Å²) in [6, 6.07) is 6.44. The average Bonchev–Trinajstić information content (AvgIpc) is 3.23. The summed E-state index contributed by atoms with van der Waals surface area (Å²) in [6.07, 6.45) is 3.71. The van der Waals surface area contributed by atoms with Gasteiger partial charge in [-0.05, 0) is 31.4 Å². The molecule has 1 fully saturated rings. The van der Waals surface area contributed by atoms with E-state index in [2.05, 4.69) is 24.0 Å². The van der Waals surface area contributed by atoms with Crippen LogP contribution < -0.4 is 15.5 Å². The maximum atomic E-state index is 11.9. The van der Waals surface area contributed by atoms with Crippen molar-refractivity contribution in [3.05, 3.63) is 23.8 Å². The molecule has 0 spiro atoms. The van der Waals surface area contributed by atoms with Gasteiger partial charge in [0, 0.05) is 30.9 Å². The molecule has 2 aliphatic rings. The van der Waals surface area contributed by atoms with Gasteiger partial charge in [0.25, 0.3) is 0 Å². The molecule has 1 saturated carbocycles. The molecule has 0 bridgehead atoms. The summed E-state index contributed by atoms with van der Waals surface area (Å²) in [6.45, 7) is 3.28. The van der Waals surface area contributed by atoms with Crippen LogP contribution in [-0.4, -0.2) is 25.5 Å². The number of hydrogen-bond acceptors (Lipinski definition) is 3. The number of amides is 1. The SMILES string of the molecule is CCCN(c1ccc2c(c1)N(C)C(=O)C2N)C1CC1. The van der Waals surface area contributed by atoms with Gasteiger partial charge in [-0.15, -0.1) is 0 Å². The predicted molar refractivity (Wildman–Crippen MR) is 77.4 cm³/mol. The zero-order valence-corrected chi connectivity index (χ0v) is 11.6. The number of fused-ring (bicyclic) bond motifs is 1. The van der Waals surface area contributed by atoms with Gasteiger partial charge in [0.15, 0.2) is 0 Å². The summed E-state index contributed by atoms with van der Waals surface area (Å²) in [7, 11) is 1.80. The van der Waals surface area contributed by atoms with Crippen molar-refractivity contribution >= 4 is 17.3 Å². The molecule has 4 nitrogen and oxygen atoms in total. The Labute approximate surface area is 114 Å². The van der Waals surface area contributed by atoms with E-state index in [0.717, 1.165) is 24.2 Å². The van der Waals surface area contributed by atoms with Gasteiger partial charge in [0.2, 0.25) is 5.91 Å². The lowest BCUT2D eigenvalue weighted by atomic mass is 10.1. The van der Waals surface area contributed by atoms with Crippen molar-refractivity contribution in [2.75, 3.05) is 23.4 Å². The van der Waals surface area contributed by atoms with Crippen molar-refractivity contribution in [2.45, 2.75) is 38.3 Å². The van der Waals surface area contributed by atoms with Gasteiger partial charge in [0.05, 0.1) is 5.69 Å². The Morgan fingerprint density at radius 2 is 2.16 bits per heavy atom. The Bertz CT molecular complexity index is 510. The van der Waals surface area contributed by atoms with Crippen molar-refractivity contribution in [3.8, 4) is 0 Å². The molecule has 0 aromatic heterocycles. The number of carbonyl (C=O) groups is 1. The second-order valence-corrected chi connectivity index (χ2v) is 5.54. The Kier molecular flexibility index (Phi) is 2.97. The van der Waals surface area contributed by atoms with Gasteiger partial charge in [-0.3, -0.25) is 4.79 Å². The molecular weight excluding hydrogens is 238 g/mol. The summed E-state index contributed by atoms with van der Waals surface area (Å²) < 4.78 is 0. The highest BCUT2D eigenvalue weighted by molar-refractivity contribution is 6.04. The maximum Gasteiger partial charge on any atom is 0.248 e. The molecular formula is C15H21N3O. The van der Waals surface area contributed by atoms with E-state index in [1.165, 1.54) is 18.5 Å². The fourth-order valence-corrected chi connectivity index (χ4v) is 2.87. The largest absolute Gasteiger partial charge is 0.368 e. The highest BCUT2D eigenvalue weighted by Gasteiger charge is 2.34. The quantitative estimate of drug-likeness (QED) is 0.900. The summed E-state index contributed by atoms with van der Waals surface area (Å²) in [4.78, 5) is 16.0. The van der Waals surface area contributed by atoms with Crippen LogP contribution in [0.3, 0.4) is 0 Å². The first-order valence-electron chi connectivity index (χ1n) is 7.07. The number of nitrogens with zero attached hydrogens (tertiary/aromatic N) is 2. The standard InChI is InChI=1S/C15H21N3O/c1-3-8-18(10-4-5-10)11-6-7-12-13(9-11)17(2)15(19)14(12)16/h6-7,9-10,14H,3-5,8,16H2,1-2H3. The normalized spacial score (nSPS) is 21.7. The minimum atomic E-state index is -0.491. The molecule has 1 aromatic rings. The summed E-state index contributed by atoms with van der Waals surface area (Å²) in [5.41, 5.74) is 9.07. The molecule has 3 rings (SSSR count). The lowest BCUT2D eigenvalue weighted by Gasteiger charge is -2.25. The highest BCUT2D eigenvalue weighted by atomic mass is 16.2. The Balaban J connectivity index is 1.95. The smallest absolute Gasteiger partial charge is 0.248 e. The number of benzene rings is 1. The van der Waals surface area contributed by atoms with Gasteiger partial charge >= 0.3 is 0 Å². The number of hydrogen-bond donors (Lipinski definition) is 1. The van der Waals surface area contributed by atoms with Crippen LogP contribution in [0.5, 0.6) is 0 Å². The minimum absolute atomic E-state index is 0.0133. The fourth-order valence-electron chi connectivity index (χ4n) is 2.87. The first-order valence-corrected chi connectivity index (χ1v) is 7.07. The van der Waals surface area contributed by atoms with Crippen molar-refractivity contribution in [1.82, 2.24) is 0 Å². The van der Waals surface area contributed by atoms with Crippen LogP contribution in [0.25, 0.3) is 0 Å². The van der Waals surface area contributed by atoms with E-state index in [9.17, 15) is 4.79 Å². The molecule has 1 aliphatic heterocycles. The first kappa shape index (κ1) is 12.5. The molecule has 1 heterocycles. The Hall–Kier alpha value is -1.55. The third kappa shape index (κ3) is 2.00. The van der Waals surface area contributed by atoms with Gasteiger partial charge in [0.1, 0.15) is 6.04 Å². The molecule has 2 N–H and O–H groups in total. The second-order valence-electron chi connectivity index (χ2n) is 5.54. The molecule has 1 atom stereocenters. The lowest BCUT2D eigenvalue weighted by molar-refractivity contribution is -0.118. The van der Waals surface area contributed by atoms with Gasteiger partial charge in [-0.2, -0.15) is 0 Å². The second kappa shape index (κ2) is 4.53. The number of rotatable bonds is 4. The van der Waals surface area contributed by atoms with E-state index in [0.29, 0.717) is 6.04 Å². The molecule has 0 saturated heterocycles. The van der Waals surface area contributed by atoms with E-state index in [-0.39, 0.29) is 5.91 Å². The van der Waals surface area contributed by atoms with Crippen molar-refractivity contribution in [1.29, 1.82) is 0 Å². The van der Waals surface area contributed by atoms with Crippen LogP contribution >= 0.6 is 0 Å². The third-order valence-corrected chi connectivity index (χ3v) is 4.09. The zero-order valence-electron chi connectivity index (χ0n) is 11.6. The molecule has 1 unspecified atom stereocenters. The topological polar surface area (TPSA) is 49.6 Å². The van der Waals surface area contributed by atoms with Crippen molar-refractivity contribution in [3.63, 3.8) is 0 Å². The number of likely N-dealkylation sites (N-methyl/N-ethyl adjacent to an activating group) is 1.